The molecule has 1 saturated heterocycles. The Balaban J connectivity index is 2.09. The van der Waals surface area contributed by atoms with E-state index in [-0.39, 0.29) is 0 Å². The maximum Gasteiger partial charge on any atom is 0.105 e. The van der Waals surface area contributed by atoms with Crippen molar-refractivity contribution in [3.63, 3.8) is 0 Å². The molecule has 114 valence electrons. The monoisotopic (exact) mass is 278 g/mol. The molecule has 1 aromatic rings. The Hall–Kier alpha value is -0.800. The van der Waals surface area contributed by atoms with Crippen molar-refractivity contribution >= 4 is 0 Å². The van der Waals surface area contributed by atoms with E-state index in [1.54, 1.807) is 0 Å². The number of nitrogens with zero attached hydrogens (tertiary/aromatic N) is 1. The normalized spacial score (nSPS) is 21.6. The average Bonchev–Trinajstić information content (AvgIpc) is 2.75. The van der Waals surface area contributed by atoms with E-state index in [0.717, 1.165) is 17.4 Å². The summed E-state index contributed by atoms with van der Waals surface area (Å²) in [4.78, 5) is 2.62. The van der Waals surface area contributed by atoms with Gasteiger partial charge in [0.25, 0.3) is 0 Å². The van der Waals surface area contributed by atoms with Crippen LogP contribution in [0.2, 0.25) is 0 Å². The second-order valence-corrected chi connectivity index (χ2v) is 6.55. The molecule has 0 aliphatic carbocycles. The van der Waals surface area contributed by atoms with Gasteiger partial charge in [0.1, 0.15) is 11.5 Å². The second-order valence-electron chi connectivity index (χ2n) is 6.55. The molecule has 3 heteroatoms. The summed E-state index contributed by atoms with van der Waals surface area (Å²) in [6.45, 7) is 14.6. The van der Waals surface area contributed by atoms with E-state index in [0.29, 0.717) is 12.1 Å². The third-order valence-electron chi connectivity index (χ3n) is 4.56. The fraction of sp³-hybridized carbons (Fsp3) is 0.765. The molecule has 2 unspecified atom stereocenters. The van der Waals surface area contributed by atoms with E-state index in [2.05, 4.69) is 44.0 Å². The van der Waals surface area contributed by atoms with Crippen LogP contribution in [0.5, 0.6) is 0 Å². The molecule has 0 amide bonds. The van der Waals surface area contributed by atoms with Crippen molar-refractivity contribution in [1.29, 1.82) is 0 Å². The minimum Gasteiger partial charge on any atom is -0.466 e. The summed E-state index contributed by atoms with van der Waals surface area (Å²) in [6, 6.07) is 3.19. The van der Waals surface area contributed by atoms with Gasteiger partial charge >= 0.3 is 0 Å². The third-order valence-corrected chi connectivity index (χ3v) is 4.56. The van der Waals surface area contributed by atoms with Crippen LogP contribution in [0.25, 0.3) is 0 Å². The number of nitrogens with one attached hydrogen (secondary N) is 1. The Kier molecular flexibility index (Phi) is 5.28. The van der Waals surface area contributed by atoms with Crippen LogP contribution < -0.4 is 5.32 Å². The van der Waals surface area contributed by atoms with Crippen molar-refractivity contribution < 1.29 is 4.42 Å². The lowest BCUT2D eigenvalue weighted by Gasteiger charge is -2.37. The van der Waals surface area contributed by atoms with Gasteiger partial charge in [-0.1, -0.05) is 0 Å². The zero-order valence-corrected chi connectivity index (χ0v) is 13.7. The third kappa shape index (κ3) is 3.64. The van der Waals surface area contributed by atoms with Crippen molar-refractivity contribution in [2.45, 2.75) is 59.5 Å². The highest BCUT2D eigenvalue weighted by molar-refractivity contribution is 5.23. The highest BCUT2D eigenvalue weighted by atomic mass is 16.3. The van der Waals surface area contributed by atoms with Gasteiger partial charge in [-0.2, -0.15) is 0 Å². The quantitative estimate of drug-likeness (QED) is 0.891. The molecular formula is C17H30N2O. The predicted molar refractivity (Wildman–Crippen MR) is 84.0 cm³/mol. The largest absolute Gasteiger partial charge is 0.466 e. The molecule has 0 saturated carbocycles. The smallest absolute Gasteiger partial charge is 0.105 e. The van der Waals surface area contributed by atoms with E-state index >= 15 is 0 Å². The Morgan fingerprint density at radius 1 is 1.35 bits per heavy atom. The van der Waals surface area contributed by atoms with Gasteiger partial charge in [0.15, 0.2) is 0 Å². The summed E-state index contributed by atoms with van der Waals surface area (Å²) in [5.74, 6) is 2.87. The van der Waals surface area contributed by atoms with Crippen LogP contribution >= 0.6 is 0 Å². The van der Waals surface area contributed by atoms with Gasteiger partial charge in [-0.3, -0.25) is 4.90 Å². The SMILES string of the molecule is Cc1cc(C(C)N(CC2CCCNC2)C(C)C)c(C)o1. The Morgan fingerprint density at radius 2 is 2.10 bits per heavy atom. The molecule has 2 rings (SSSR count). The summed E-state index contributed by atoms with van der Waals surface area (Å²) < 4.78 is 5.72. The molecular weight excluding hydrogens is 248 g/mol. The highest BCUT2D eigenvalue weighted by Crippen LogP contribution is 2.29. The van der Waals surface area contributed by atoms with Gasteiger partial charge in [0.05, 0.1) is 0 Å². The van der Waals surface area contributed by atoms with Crippen LogP contribution in [-0.2, 0) is 0 Å². The molecule has 2 heterocycles. The molecule has 2 atom stereocenters. The summed E-state index contributed by atoms with van der Waals surface area (Å²) >= 11 is 0. The minimum absolute atomic E-state index is 0.425. The lowest BCUT2D eigenvalue weighted by molar-refractivity contribution is 0.126. The minimum atomic E-state index is 0.425. The Bertz CT molecular complexity index is 419. The molecule has 1 fully saturated rings. The number of rotatable bonds is 5. The van der Waals surface area contributed by atoms with E-state index in [1.165, 1.54) is 38.0 Å². The van der Waals surface area contributed by atoms with E-state index < -0.39 is 0 Å². The predicted octanol–water partition coefficient (Wildman–Crippen LogP) is 3.67. The van der Waals surface area contributed by atoms with Crippen LogP contribution in [0.1, 0.15) is 56.7 Å². The first-order chi connectivity index (χ1) is 9.49. The van der Waals surface area contributed by atoms with Crippen molar-refractivity contribution in [1.82, 2.24) is 10.2 Å². The first-order valence-corrected chi connectivity index (χ1v) is 8.02. The molecule has 1 N–H and O–H groups in total. The standard InChI is InChI=1S/C17H30N2O/c1-12(2)19(11-16-7-6-8-18-10-16)14(4)17-9-13(3)20-15(17)5/h9,12,14,16,18H,6-8,10-11H2,1-5H3. The number of hydrogen-bond donors (Lipinski definition) is 1. The molecule has 0 spiro atoms. The lowest BCUT2D eigenvalue weighted by atomic mass is 9.96. The van der Waals surface area contributed by atoms with E-state index in [1.807, 2.05) is 6.92 Å². The molecule has 1 aromatic heterocycles. The van der Waals surface area contributed by atoms with Gasteiger partial charge in [-0.25, -0.2) is 0 Å². The zero-order valence-electron chi connectivity index (χ0n) is 13.7. The maximum absolute atomic E-state index is 5.72. The molecule has 20 heavy (non-hydrogen) atoms. The molecule has 1 aliphatic heterocycles. The molecule has 0 radical (unpaired) electrons. The van der Waals surface area contributed by atoms with Gasteiger partial charge in [-0.05, 0) is 72.5 Å². The van der Waals surface area contributed by atoms with Gasteiger partial charge in [0, 0.05) is 24.2 Å². The van der Waals surface area contributed by atoms with Gasteiger partial charge < -0.3 is 9.73 Å². The second kappa shape index (κ2) is 6.77. The van der Waals surface area contributed by atoms with Crippen LogP contribution in [0, 0.1) is 19.8 Å². The first kappa shape index (κ1) is 15.6. The van der Waals surface area contributed by atoms with E-state index in [9.17, 15) is 0 Å². The van der Waals surface area contributed by atoms with E-state index in [4.69, 9.17) is 4.42 Å². The number of furan rings is 1. The van der Waals surface area contributed by atoms with Crippen LogP contribution in [-0.4, -0.2) is 30.6 Å². The molecule has 0 bridgehead atoms. The number of piperidine rings is 1. The summed E-state index contributed by atoms with van der Waals surface area (Å²) in [5, 5.41) is 3.53. The highest BCUT2D eigenvalue weighted by Gasteiger charge is 2.25. The van der Waals surface area contributed by atoms with Crippen LogP contribution in [0.3, 0.4) is 0 Å². The fourth-order valence-corrected chi connectivity index (χ4v) is 3.44. The molecule has 3 nitrogen and oxygen atoms in total. The summed E-state index contributed by atoms with van der Waals surface area (Å²) in [5.41, 5.74) is 1.35. The van der Waals surface area contributed by atoms with Crippen molar-refractivity contribution in [3.05, 3.63) is 23.2 Å². The number of hydrogen-bond acceptors (Lipinski definition) is 3. The van der Waals surface area contributed by atoms with Crippen LogP contribution in [0.15, 0.2) is 10.5 Å². The Labute approximate surface area is 123 Å². The molecule has 0 aromatic carbocycles. The topological polar surface area (TPSA) is 28.4 Å². The maximum atomic E-state index is 5.72. The fourth-order valence-electron chi connectivity index (χ4n) is 3.44. The summed E-state index contributed by atoms with van der Waals surface area (Å²) in [7, 11) is 0. The average molecular weight is 278 g/mol. The zero-order chi connectivity index (χ0) is 14.7. The molecule has 1 aliphatic rings. The number of aryl methyl sites for hydroxylation is 2. The van der Waals surface area contributed by atoms with Crippen LogP contribution in [0.4, 0.5) is 0 Å². The Morgan fingerprint density at radius 3 is 2.60 bits per heavy atom. The van der Waals surface area contributed by atoms with Gasteiger partial charge in [0.2, 0.25) is 0 Å². The van der Waals surface area contributed by atoms with Gasteiger partial charge in [-0.15, -0.1) is 0 Å². The van der Waals surface area contributed by atoms with Crippen molar-refractivity contribution in [2.24, 2.45) is 5.92 Å². The lowest BCUT2D eigenvalue weighted by Crippen LogP contribution is -2.42. The summed E-state index contributed by atoms with van der Waals surface area (Å²) in [6.07, 6.45) is 2.67. The van der Waals surface area contributed by atoms with Crippen molar-refractivity contribution in [2.75, 3.05) is 19.6 Å². The van der Waals surface area contributed by atoms with Crippen molar-refractivity contribution in [3.8, 4) is 0 Å². The first-order valence-electron chi connectivity index (χ1n) is 8.02.